The SMILES string of the molecule is CCC(C)c1nc(N(C)C2CCOCC2)sc1C=O. The van der Waals surface area contributed by atoms with Crippen molar-refractivity contribution in [3.05, 3.63) is 10.6 Å². The van der Waals surface area contributed by atoms with Gasteiger partial charge in [0.25, 0.3) is 0 Å². The van der Waals surface area contributed by atoms with Crippen molar-refractivity contribution in [2.75, 3.05) is 25.2 Å². The Morgan fingerprint density at radius 3 is 2.79 bits per heavy atom. The number of carbonyl (C=O) groups is 1. The van der Waals surface area contributed by atoms with Crippen molar-refractivity contribution in [1.82, 2.24) is 4.98 Å². The van der Waals surface area contributed by atoms with Gasteiger partial charge in [-0.3, -0.25) is 4.79 Å². The van der Waals surface area contributed by atoms with E-state index in [1.165, 1.54) is 11.3 Å². The Morgan fingerprint density at radius 1 is 1.53 bits per heavy atom. The predicted molar refractivity (Wildman–Crippen MR) is 78.5 cm³/mol. The van der Waals surface area contributed by atoms with Crippen molar-refractivity contribution in [3.63, 3.8) is 0 Å². The number of aldehydes is 1. The highest BCUT2D eigenvalue weighted by Gasteiger charge is 2.23. The molecule has 19 heavy (non-hydrogen) atoms. The molecule has 0 aliphatic carbocycles. The second kappa shape index (κ2) is 6.48. The third-order valence-electron chi connectivity index (χ3n) is 3.90. The van der Waals surface area contributed by atoms with Crippen molar-refractivity contribution in [1.29, 1.82) is 0 Å². The Hall–Kier alpha value is -0.940. The molecule has 1 atom stereocenters. The highest BCUT2D eigenvalue weighted by Crippen LogP contribution is 2.32. The molecule has 5 heteroatoms. The fourth-order valence-corrected chi connectivity index (χ4v) is 3.38. The van der Waals surface area contributed by atoms with Crippen molar-refractivity contribution in [2.45, 2.75) is 45.1 Å². The molecule has 1 aromatic rings. The summed E-state index contributed by atoms with van der Waals surface area (Å²) in [5, 5.41) is 0.962. The molecule has 0 N–H and O–H groups in total. The topological polar surface area (TPSA) is 42.4 Å². The molecule has 1 saturated heterocycles. The lowest BCUT2D eigenvalue weighted by molar-refractivity contribution is 0.0855. The molecule has 0 aromatic carbocycles. The Kier molecular flexibility index (Phi) is 4.93. The van der Waals surface area contributed by atoms with Gasteiger partial charge in [0.15, 0.2) is 11.4 Å². The van der Waals surface area contributed by atoms with Gasteiger partial charge in [-0.2, -0.15) is 0 Å². The third-order valence-corrected chi connectivity index (χ3v) is 4.98. The van der Waals surface area contributed by atoms with Crippen LogP contribution in [0.15, 0.2) is 0 Å². The molecule has 0 saturated carbocycles. The second-order valence-corrected chi connectivity index (χ2v) is 6.14. The fourth-order valence-electron chi connectivity index (χ4n) is 2.34. The van der Waals surface area contributed by atoms with Crippen LogP contribution < -0.4 is 4.90 Å². The van der Waals surface area contributed by atoms with Gasteiger partial charge in [-0.05, 0) is 25.2 Å². The average molecular weight is 282 g/mol. The van der Waals surface area contributed by atoms with Crippen LogP contribution in [0.2, 0.25) is 0 Å². The Bertz CT molecular complexity index is 427. The zero-order chi connectivity index (χ0) is 13.8. The molecule has 0 bridgehead atoms. The number of aromatic nitrogens is 1. The van der Waals surface area contributed by atoms with E-state index in [-0.39, 0.29) is 0 Å². The van der Waals surface area contributed by atoms with Crippen LogP contribution in [0.5, 0.6) is 0 Å². The maximum atomic E-state index is 11.2. The Labute approximate surface area is 118 Å². The summed E-state index contributed by atoms with van der Waals surface area (Å²) in [6.07, 6.45) is 4.02. The summed E-state index contributed by atoms with van der Waals surface area (Å²) in [5.74, 6) is 0.341. The number of hydrogen-bond acceptors (Lipinski definition) is 5. The summed E-state index contributed by atoms with van der Waals surface area (Å²) in [6, 6.07) is 0.476. The first-order chi connectivity index (χ1) is 9.17. The highest BCUT2D eigenvalue weighted by atomic mass is 32.1. The van der Waals surface area contributed by atoms with Crippen LogP contribution >= 0.6 is 11.3 Å². The van der Waals surface area contributed by atoms with Gasteiger partial charge in [0, 0.05) is 26.3 Å². The lowest BCUT2D eigenvalue weighted by Gasteiger charge is -2.30. The number of ether oxygens (including phenoxy) is 1. The number of nitrogens with zero attached hydrogens (tertiary/aromatic N) is 2. The molecular formula is C14H22N2O2S. The smallest absolute Gasteiger partial charge is 0.186 e. The third kappa shape index (κ3) is 3.15. The minimum atomic E-state index is 0.341. The number of hydrogen-bond donors (Lipinski definition) is 0. The van der Waals surface area contributed by atoms with Crippen LogP contribution in [0.4, 0.5) is 5.13 Å². The summed E-state index contributed by atoms with van der Waals surface area (Å²) >= 11 is 1.51. The van der Waals surface area contributed by atoms with Crippen molar-refractivity contribution >= 4 is 22.8 Å². The molecule has 1 unspecified atom stereocenters. The number of anilines is 1. The van der Waals surface area contributed by atoms with Gasteiger partial charge in [0.1, 0.15) is 0 Å². The van der Waals surface area contributed by atoms with E-state index < -0.39 is 0 Å². The molecule has 1 aromatic heterocycles. The van der Waals surface area contributed by atoms with Crippen LogP contribution in [0.1, 0.15) is 54.4 Å². The van der Waals surface area contributed by atoms with E-state index >= 15 is 0 Å². The standard InChI is InChI=1S/C14H22N2O2S/c1-4-10(2)13-12(9-17)19-14(15-13)16(3)11-5-7-18-8-6-11/h9-11H,4-8H2,1-3H3. The van der Waals surface area contributed by atoms with Crippen LogP contribution in [-0.2, 0) is 4.74 Å². The molecule has 1 aliphatic rings. The first kappa shape index (κ1) is 14.5. The lowest BCUT2D eigenvalue weighted by Crippen LogP contribution is -2.36. The summed E-state index contributed by atoms with van der Waals surface area (Å²) in [6.45, 7) is 5.89. The van der Waals surface area contributed by atoms with E-state index in [0.29, 0.717) is 12.0 Å². The molecular weight excluding hydrogens is 260 g/mol. The Morgan fingerprint density at radius 2 is 2.21 bits per heavy atom. The molecule has 0 amide bonds. The van der Waals surface area contributed by atoms with Gasteiger partial charge in [0.05, 0.1) is 10.6 Å². The highest BCUT2D eigenvalue weighted by molar-refractivity contribution is 7.17. The molecule has 0 radical (unpaired) electrons. The molecule has 2 heterocycles. The van der Waals surface area contributed by atoms with Crippen LogP contribution in [-0.4, -0.2) is 37.6 Å². The van der Waals surface area contributed by atoms with Gasteiger partial charge in [0.2, 0.25) is 0 Å². The van der Waals surface area contributed by atoms with Gasteiger partial charge in [-0.25, -0.2) is 4.98 Å². The minimum Gasteiger partial charge on any atom is -0.381 e. The zero-order valence-electron chi connectivity index (χ0n) is 11.9. The normalized spacial score (nSPS) is 18.3. The fraction of sp³-hybridized carbons (Fsp3) is 0.714. The molecule has 106 valence electrons. The quantitative estimate of drug-likeness (QED) is 0.778. The number of thiazole rings is 1. The van der Waals surface area contributed by atoms with Crippen LogP contribution in [0, 0.1) is 0 Å². The van der Waals surface area contributed by atoms with Crippen molar-refractivity contribution in [3.8, 4) is 0 Å². The van der Waals surface area contributed by atoms with E-state index in [4.69, 9.17) is 9.72 Å². The monoisotopic (exact) mass is 282 g/mol. The van der Waals surface area contributed by atoms with E-state index in [0.717, 1.165) is 54.5 Å². The van der Waals surface area contributed by atoms with Gasteiger partial charge >= 0.3 is 0 Å². The summed E-state index contributed by atoms with van der Waals surface area (Å²) in [7, 11) is 2.07. The van der Waals surface area contributed by atoms with Gasteiger partial charge in [-0.1, -0.05) is 25.2 Å². The zero-order valence-corrected chi connectivity index (χ0v) is 12.7. The number of carbonyl (C=O) groups excluding carboxylic acids is 1. The molecule has 2 rings (SSSR count). The molecule has 1 fully saturated rings. The van der Waals surface area contributed by atoms with E-state index in [9.17, 15) is 4.79 Å². The maximum absolute atomic E-state index is 11.2. The summed E-state index contributed by atoms with van der Waals surface area (Å²) < 4.78 is 5.39. The summed E-state index contributed by atoms with van der Waals surface area (Å²) in [5.41, 5.74) is 0.955. The van der Waals surface area contributed by atoms with E-state index in [1.807, 2.05) is 0 Å². The van der Waals surface area contributed by atoms with Crippen molar-refractivity contribution < 1.29 is 9.53 Å². The first-order valence-corrected chi connectivity index (χ1v) is 7.75. The van der Waals surface area contributed by atoms with Crippen LogP contribution in [0.25, 0.3) is 0 Å². The predicted octanol–water partition coefficient (Wildman–Crippen LogP) is 3.08. The molecule has 0 spiro atoms. The molecule has 4 nitrogen and oxygen atoms in total. The molecule has 1 aliphatic heterocycles. The van der Waals surface area contributed by atoms with Crippen molar-refractivity contribution in [2.24, 2.45) is 0 Å². The van der Waals surface area contributed by atoms with Crippen LogP contribution in [0.3, 0.4) is 0 Å². The minimum absolute atomic E-state index is 0.341. The lowest BCUT2D eigenvalue weighted by atomic mass is 10.0. The largest absolute Gasteiger partial charge is 0.381 e. The van der Waals surface area contributed by atoms with Gasteiger partial charge < -0.3 is 9.64 Å². The average Bonchev–Trinajstić information content (AvgIpc) is 2.90. The maximum Gasteiger partial charge on any atom is 0.186 e. The van der Waals surface area contributed by atoms with E-state index in [1.54, 1.807) is 0 Å². The summed E-state index contributed by atoms with van der Waals surface area (Å²) in [4.78, 5) is 18.9. The first-order valence-electron chi connectivity index (χ1n) is 6.93. The Balaban J connectivity index is 2.19. The van der Waals surface area contributed by atoms with E-state index in [2.05, 4.69) is 25.8 Å². The second-order valence-electron chi connectivity index (χ2n) is 5.13. The number of rotatable bonds is 5. The van der Waals surface area contributed by atoms with Gasteiger partial charge in [-0.15, -0.1) is 0 Å².